The molecule has 0 amide bonds. The Hall–Kier alpha value is -3.63. The minimum Gasteiger partial charge on any atom is -0.397 e. The van der Waals surface area contributed by atoms with Crippen molar-refractivity contribution in [1.29, 1.82) is 0 Å². The number of aromatic nitrogens is 7. The summed E-state index contributed by atoms with van der Waals surface area (Å²) < 4.78 is 16.7. The van der Waals surface area contributed by atoms with Crippen molar-refractivity contribution in [2.24, 2.45) is 0 Å². The molecule has 4 aromatic rings. The monoisotopic (exact) mass is 477 g/mol. The first-order valence-corrected chi connectivity index (χ1v) is 11.4. The molecular weight excluding hydrogens is 457 g/mol. The van der Waals surface area contributed by atoms with Crippen molar-refractivity contribution < 1.29 is 4.39 Å². The number of pyridine rings is 1. The van der Waals surface area contributed by atoms with E-state index in [-0.39, 0.29) is 17.1 Å². The van der Waals surface area contributed by atoms with E-state index in [1.165, 1.54) is 17.1 Å². The zero-order valence-corrected chi connectivity index (χ0v) is 18.8. The van der Waals surface area contributed by atoms with Crippen LogP contribution in [0.25, 0.3) is 22.5 Å². The van der Waals surface area contributed by atoms with Crippen molar-refractivity contribution in [3.63, 3.8) is 0 Å². The van der Waals surface area contributed by atoms with Crippen molar-refractivity contribution in [3.05, 3.63) is 71.4 Å². The summed E-state index contributed by atoms with van der Waals surface area (Å²) in [6.45, 7) is 0.680. The Morgan fingerprint density at radius 3 is 2.94 bits per heavy atom. The van der Waals surface area contributed by atoms with Crippen LogP contribution in [0.15, 0.2) is 49.2 Å². The predicted molar refractivity (Wildman–Crippen MR) is 125 cm³/mol. The molecular formula is C23H21ClFN9. The Morgan fingerprint density at radius 1 is 1.21 bits per heavy atom. The molecule has 5 heterocycles. The molecule has 2 aliphatic rings. The number of nitrogens with one attached hydrogen (secondary N) is 1. The molecule has 1 saturated heterocycles. The van der Waals surface area contributed by atoms with Gasteiger partial charge in [-0.25, -0.2) is 9.37 Å². The highest BCUT2D eigenvalue weighted by Crippen LogP contribution is 2.43. The summed E-state index contributed by atoms with van der Waals surface area (Å²) >= 11 is 6.15. The van der Waals surface area contributed by atoms with E-state index in [0.29, 0.717) is 29.9 Å². The Balaban J connectivity index is 1.30. The van der Waals surface area contributed by atoms with Gasteiger partial charge >= 0.3 is 0 Å². The fourth-order valence-electron chi connectivity index (χ4n) is 5.08. The molecule has 1 aromatic carbocycles. The van der Waals surface area contributed by atoms with Crippen LogP contribution in [0.2, 0.25) is 5.02 Å². The maximum absolute atomic E-state index is 15.2. The second kappa shape index (κ2) is 8.30. The first-order chi connectivity index (χ1) is 16.6. The Bertz CT molecular complexity index is 1380. The number of hydrogen-bond acceptors (Lipinski definition) is 7. The van der Waals surface area contributed by atoms with Gasteiger partial charge in [-0.3, -0.25) is 9.88 Å². The Kier molecular flexibility index (Phi) is 5.11. The largest absolute Gasteiger partial charge is 0.397 e. The molecule has 6 rings (SSSR count). The number of nitrogens with zero attached hydrogens (tertiary/aromatic N) is 7. The molecule has 9 nitrogen and oxygen atoms in total. The number of nitrogen functional groups attached to an aromatic ring is 1. The number of halogens is 2. The third kappa shape index (κ3) is 3.46. The summed E-state index contributed by atoms with van der Waals surface area (Å²) in [6.07, 6.45) is 11.4. The van der Waals surface area contributed by atoms with Crippen LogP contribution < -0.4 is 5.73 Å². The number of benzene rings is 1. The summed E-state index contributed by atoms with van der Waals surface area (Å²) in [7, 11) is 0. The molecule has 3 N–H and O–H groups in total. The molecule has 1 fully saturated rings. The van der Waals surface area contributed by atoms with E-state index < -0.39 is 5.82 Å². The van der Waals surface area contributed by atoms with Gasteiger partial charge in [0.05, 0.1) is 34.3 Å². The SMILES string of the molecule is Nc1cnccc1-c1c[nH]c([C@@H]2CCC3CC(c4c(-n5cnnn5)ccc(Cl)c4F)=CCN32)n1. The van der Waals surface area contributed by atoms with Gasteiger partial charge in [0.2, 0.25) is 0 Å². The maximum atomic E-state index is 15.2. The van der Waals surface area contributed by atoms with Gasteiger partial charge in [0.25, 0.3) is 0 Å². The number of imidazole rings is 1. The fourth-order valence-corrected chi connectivity index (χ4v) is 5.23. The van der Waals surface area contributed by atoms with Gasteiger partial charge in [-0.1, -0.05) is 17.7 Å². The molecule has 0 bridgehead atoms. The highest BCUT2D eigenvalue weighted by atomic mass is 35.5. The molecule has 3 aromatic heterocycles. The lowest BCUT2D eigenvalue weighted by Gasteiger charge is -2.33. The van der Waals surface area contributed by atoms with Gasteiger partial charge in [-0.15, -0.1) is 5.10 Å². The molecule has 0 radical (unpaired) electrons. The van der Waals surface area contributed by atoms with E-state index in [2.05, 4.69) is 36.5 Å². The van der Waals surface area contributed by atoms with Gasteiger partial charge < -0.3 is 10.7 Å². The van der Waals surface area contributed by atoms with E-state index in [0.717, 1.165) is 35.5 Å². The van der Waals surface area contributed by atoms with Gasteiger partial charge in [-0.2, -0.15) is 4.68 Å². The Labute approximate surface area is 199 Å². The van der Waals surface area contributed by atoms with Gasteiger partial charge in [0, 0.05) is 36.1 Å². The number of aromatic amines is 1. The molecule has 0 spiro atoms. The van der Waals surface area contributed by atoms with Crippen molar-refractivity contribution >= 4 is 22.9 Å². The standard InChI is InChI=1S/C23H21ClFN9/c24-16-2-4-19(34-12-29-31-32-34)21(22(16)25)13-6-8-33-14(9-13)1-3-20(33)23-28-11-18(30-23)15-5-7-27-10-17(15)26/h2,4-7,10-12,14,20H,1,3,8-9,26H2,(H,28,30)/t14?,20-/m0/s1. The number of nitrogens with two attached hydrogens (primary N) is 1. The summed E-state index contributed by atoms with van der Waals surface area (Å²) in [5, 5.41) is 11.4. The van der Waals surface area contributed by atoms with Crippen LogP contribution in [0.3, 0.4) is 0 Å². The van der Waals surface area contributed by atoms with Crippen LogP contribution in [0.1, 0.15) is 36.7 Å². The molecule has 2 aliphatic heterocycles. The van der Waals surface area contributed by atoms with Crippen LogP contribution >= 0.6 is 11.6 Å². The maximum Gasteiger partial charge on any atom is 0.151 e. The molecule has 11 heteroatoms. The molecule has 172 valence electrons. The summed E-state index contributed by atoms with van der Waals surface area (Å²) in [5.74, 6) is 0.461. The smallest absolute Gasteiger partial charge is 0.151 e. The summed E-state index contributed by atoms with van der Waals surface area (Å²) in [5.41, 5.74) is 10.3. The topological polar surface area (TPSA) is 114 Å². The van der Waals surface area contributed by atoms with E-state index in [4.69, 9.17) is 22.3 Å². The van der Waals surface area contributed by atoms with Crippen LogP contribution in [0.5, 0.6) is 0 Å². The highest BCUT2D eigenvalue weighted by Gasteiger charge is 2.38. The van der Waals surface area contributed by atoms with Crippen LogP contribution in [-0.4, -0.2) is 52.6 Å². The predicted octanol–water partition coefficient (Wildman–Crippen LogP) is 3.81. The third-order valence-corrected chi connectivity index (χ3v) is 6.97. The first kappa shape index (κ1) is 20.9. The van der Waals surface area contributed by atoms with Crippen LogP contribution in [0, 0.1) is 5.82 Å². The Morgan fingerprint density at radius 2 is 2.12 bits per heavy atom. The minimum atomic E-state index is -0.450. The molecule has 34 heavy (non-hydrogen) atoms. The van der Waals surface area contributed by atoms with Crippen LogP contribution in [0.4, 0.5) is 10.1 Å². The fraction of sp³-hybridized carbons (Fsp3) is 0.261. The number of rotatable bonds is 4. The van der Waals surface area contributed by atoms with Gasteiger partial charge in [0.1, 0.15) is 12.2 Å². The quantitative estimate of drug-likeness (QED) is 0.459. The van der Waals surface area contributed by atoms with Gasteiger partial charge in [-0.05, 0) is 53.5 Å². The number of hydrogen-bond donors (Lipinski definition) is 2. The molecule has 1 unspecified atom stereocenters. The van der Waals surface area contributed by atoms with Crippen molar-refractivity contribution in [3.8, 4) is 16.9 Å². The average molecular weight is 478 g/mol. The molecule has 0 saturated carbocycles. The number of fused-ring (bicyclic) bond motifs is 1. The van der Waals surface area contributed by atoms with Crippen molar-refractivity contribution in [1.82, 2.24) is 40.1 Å². The lowest BCUT2D eigenvalue weighted by atomic mass is 9.92. The zero-order valence-electron chi connectivity index (χ0n) is 18.1. The summed E-state index contributed by atoms with van der Waals surface area (Å²) in [6, 6.07) is 5.57. The van der Waals surface area contributed by atoms with Crippen molar-refractivity contribution in [2.45, 2.75) is 31.3 Å². The van der Waals surface area contributed by atoms with E-state index in [9.17, 15) is 0 Å². The van der Waals surface area contributed by atoms with Crippen LogP contribution in [-0.2, 0) is 0 Å². The van der Waals surface area contributed by atoms with E-state index >= 15 is 4.39 Å². The van der Waals surface area contributed by atoms with E-state index in [1.807, 2.05) is 12.3 Å². The first-order valence-electron chi connectivity index (χ1n) is 11.0. The highest BCUT2D eigenvalue weighted by molar-refractivity contribution is 6.31. The lowest BCUT2D eigenvalue weighted by Crippen LogP contribution is -2.35. The van der Waals surface area contributed by atoms with Crippen molar-refractivity contribution in [2.75, 3.05) is 12.3 Å². The summed E-state index contributed by atoms with van der Waals surface area (Å²) in [4.78, 5) is 14.6. The number of anilines is 1. The number of H-pyrrole nitrogens is 1. The zero-order chi connectivity index (χ0) is 23.2. The van der Waals surface area contributed by atoms with Gasteiger partial charge in [0.15, 0.2) is 5.82 Å². The lowest BCUT2D eigenvalue weighted by molar-refractivity contribution is 0.205. The second-order valence-electron chi connectivity index (χ2n) is 8.52. The minimum absolute atomic E-state index is 0.0814. The normalized spacial score (nSPS) is 20.4. The second-order valence-corrected chi connectivity index (χ2v) is 8.93. The molecule has 2 atom stereocenters. The number of tetrazole rings is 1. The van der Waals surface area contributed by atoms with E-state index in [1.54, 1.807) is 18.5 Å². The third-order valence-electron chi connectivity index (χ3n) is 6.68. The molecule has 0 aliphatic carbocycles. The average Bonchev–Trinajstić information content (AvgIpc) is 3.61.